The standard InChI is InChI=1S/C21H26N2O5/c1-3-27-17(24)11-22-19(26)15-10-13-8-9-20(15,2)12-21(13)23-18(25)14-6-4-5-7-16(14)28-21/h4-7,13,15H,3,8-12H2,1-2H3,(H,22,26)(H,23,25). The predicted molar refractivity (Wildman–Crippen MR) is 100 cm³/mol. The summed E-state index contributed by atoms with van der Waals surface area (Å²) in [5.41, 5.74) is -0.535. The third kappa shape index (κ3) is 3.02. The molecular formula is C21H26N2O5. The summed E-state index contributed by atoms with van der Waals surface area (Å²) in [5.74, 6) is -0.253. The molecule has 1 aromatic rings. The Hall–Kier alpha value is -2.57. The third-order valence-corrected chi connectivity index (χ3v) is 6.53. The Labute approximate surface area is 164 Å². The molecule has 1 heterocycles. The Morgan fingerprint density at radius 1 is 1.36 bits per heavy atom. The number of nitrogens with one attached hydrogen (secondary N) is 2. The summed E-state index contributed by atoms with van der Waals surface area (Å²) >= 11 is 0. The van der Waals surface area contributed by atoms with Gasteiger partial charge >= 0.3 is 5.97 Å². The molecule has 3 aliphatic carbocycles. The summed E-state index contributed by atoms with van der Waals surface area (Å²) in [6.07, 6.45) is 2.97. The van der Waals surface area contributed by atoms with Crippen molar-refractivity contribution in [1.82, 2.24) is 10.6 Å². The fourth-order valence-electron chi connectivity index (χ4n) is 5.15. The van der Waals surface area contributed by atoms with Gasteiger partial charge in [-0.2, -0.15) is 0 Å². The van der Waals surface area contributed by atoms with E-state index in [9.17, 15) is 14.4 Å². The second-order valence-electron chi connectivity index (χ2n) is 8.32. The number of ether oxygens (including phenoxy) is 2. The van der Waals surface area contributed by atoms with E-state index in [0.29, 0.717) is 30.8 Å². The second-order valence-corrected chi connectivity index (χ2v) is 8.32. The van der Waals surface area contributed by atoms with Crippen molar-refractivity contribution in [2.45, 2.75) is 45.3 Å². The summed E-state index contributed by atoms with van der Waals surface area (Å²) in [6, 6.07) is 7.26. The van der Waals surface area contributed by atoms with Crippen molar-refractivity contribution in [2.24, 2.45) is 17.3 Å². The number of carbonyl (C=O) groups is 3. The topological polar surface area (TPSA) is 93.7 Å². The largest absolute Gasteiger partial charge is 0.467 e. The first kappa shape index (κ1) is 18.8. The Balaban J connectivity index is 1.52. The minimum atomic E-state index is -0.768. The zero-order valence-corrected chi connectivity index (χ0v) is 16.2. The molecule has 3 saturated carbocycles. The van der Waals surface area contributed by atoms with Crippen LogP contribution in [0.1, 0.15) is 49.9 Å². The first-order valence-corrected chi connectivity index (χ1v) is 9.91. The van der Waals surface area contributed by atoms with Gasteiger partial charge in [0.2, 0.25) is 5.91 Å². The first-order valence-electron chi connectivity index (χ1n) is 9.91. The van der Waals surface area contributed by atoms with Gasteiger partial charge in [0.25, 0.3) is 5.91 Å². The molecular weight excluding hydrogens is 360 g/mol. The molecule has 1 spiro atoms. The van der Waals surface area contributed by atoms with Crippen molar-refractivity contribution >= 4 is 17.8 Å². The van der Waals surface area contributed by atoms with Gasteiger partial charge in [0.05, 0.1) is 12.2 Å². The van der Waals surface area contributed by atoms with Gasteiger partial charge < -0.3 is 20.1 Å². The Kier molecular flexibility index (Phi) is 4.56. The van der Waals surface area contributed by atoms with Crippen molar-refractivity contribution in [3.8, 4) is 5.75 Å². The minimum absolute atomic E-state index is 0.0463. The zero-order chi connectivity index (χ0) is 19.9. The van der Waals surface area contributed by atoms with Gasteiger partial charge in [-0.3, -0.25) is 14.4 Å². The van der Waals surface area contributed by atoms with Crippen LogP contribution in [0.2, 0.25) is 0 Å². The molecule has 4 unspecified atom stereocenters. The molecule has 2 amide bonds. The molecule has 1 aromatic carbocycles. The van der Waals surface area contributed by atoms with Gasteiger partial charge in [-0.05, 0) is 43.7 Å². The lowest BCUT2D eigenvalue weighted by Crippen LogP contribution is -2.69. The fraction of sp³-hybridized carbons (Fsp3) is 0.571. The molecule has 28 heavy (non-hydrogen) atoms. The van der Waals surface area contributed by atoms with Crippen LogP contribution in [-0.4, -0.2) is 36.7 Å². The number of benzene rings is 1. The van der Waals surface area contributed by atoms with Crippen molar-refractivity contribution in [1.29, 1.82) is 0 Å². The second kappa shape index (κ2) is 6.79. The van der Waals surface area contributed by atoms with E-state index in [1.165, 1.54) is 0 Å². The molecule has 4 atom stereocenters. The zero-order valence-electron chi connectivity index (χ0n) is 16.2. The summed E-state index contributed by atoms with van der Waals surface area (Å²) in [6.45, 7) is 3.99. The maximum absolute atomic E-state index is 12.8. The van der Waals surface area contributed by atoms with Gasteiger partial charge in [-0.1, -0.05) is 19.1 Å². The number of carbonyl (C=O) groups excluding carboxylic acids is 3. The molecule has 0 aromatic heterocycles. The van der Waals surface area contributed by atoms with E-state index in [4.69, 9.17) is 9.47 Å². The predicted octanol–water partition coefficient (Wildman–Crippen LogP) is 2.01. The van der Waals surface area contributed by atoms with Crippen LogP contribution in [0.4, 0.5) is 0 Å². The molecule has 2 N–H and O–H groups in total. The van der Waals surface area contributed by atoms with Gasteiger partial charge in [0, 0.05) is 18.3 Å². The van der Waals surface area contributed by atoms with Crippen LogP contribution in [0.15, 0.2) is 24.3 Å². The lowest BCUT2D eigenvalue weighted by molar-refractivity contribution is -0.168. The fourth-order valence-corrected chi connectivity index (χ4v) is 5.15. The molecule has 0 saturated heterocycles. The average molecular weight is 386 g/mol. The van der Waals surface area contributed by atoms with Crippen LogP contribution in [0.25, 0.3) is 0 Å². The highest BCUT2D eigenvalue weighted by atomic mass is 16.5. The first-order chi connectivity index (χ1) is 13.4. The van der Waals surface area contributed by atoms with Gasteiger partial charge in [0.15, 0.2) is 5.72 Å². The van der Waals surface area contributed by atoms with Crippen molar-refractivity contribution in [3.05, 3.63) is 29.8 Å². The highest BCUT2D eigenvalue weighted by Crippen LogP contribution is 2.58. The van der Waals surface area contributed by atoms with Gasteiger partial charge in [0.1, 0.15) is 12.3 Å². The van der Waals surface area contributed by atoms with E-state index in [1.54, 1.807) is 13.0 Å². The SMILES string of the molecule is CCOC(=O)CNC(=O)C1CC2CCC1(C)CC21NC(=O)c2ccccc2O1. The van der Waals surface area contributed by atoms with Crippen molar-refractivity contribution < 1.29 is 23.9 Å². The van der Waals surface area contributed by atoms with Crippen LogP contribution in [0.5, 0.6) is 5.75 Å². The Bertz CT molecular complexity index is 825. The van der Waals surface area contributed by atoms with Crippen LogP contribution >= 0.6 is 0 Å². The van der Waals surface area contributed by atoms with E-state index in [0.717, 1.165) is 12.8 Å². The minimum Gasteiger partial charge on any atom is -0.467 e. The molecule has 0 radical (unpaired) electrons. The third-order valence-electron chi connectivity index (χ3n) is 6.53. The van der Waals surface area contributed by atoms with Crippen LogP contribution < -0.4 is 15.4 Å². The van der Waals surface area contributed by atoms with Crippen LogP contribution in [0, 0.1) is 17.3 Å². The monoisotopic (exact) mass is 386 g/mol. The van der Waals surface area contributed by atoms with Crippen LogP contribution in [0.3, 0.4) is 0 Å². The number of hydrogen-bond donors (Lipinski definition) is 2. The molecule has 2 bridgehead atoms. The number of amides is 2. The molecule has 4 aliphatic rings. The van der Waals surface area contributed by atoms with E-state index < -0.39 is 11.7 Å². The van der Waals surface area contributed by atoms with Gasteiger partial charge in [-0.25, -0.2) is 0 Å². The van der Waals surface area contributed by atoms with E-state index in [-0.39, 0.29) is 35.6 Å². The Morgan fingerprint density at radius 2 is 2.14 bits per heavy atom. The van der Waals surface area contributed by atoms with Crippen LogP contribution in [-0.2, 0) is 14.3 Å². The highest BCUT2D eigenvalue weighted by molar-refractivity contribution is 5.98. The molecule has 150 valence electrons. The molecule has 7 heteroatoms. The quantitative estimate of drug-likeness (QED) is 0.772. The molecule has 7 nitrogen and oxygen atoms in total. The molecule has 5 rings (SSSR count). The normalized spacial score (nSPS) is 32.9. The van der Waals surface area contributed by atoms with E-state index >= 15 is 0 Å². The number of esters is 1. The molecule has 1 aliphatic heterocycles. The average Bonchev–Trinajstić information content (AvgIpc) is 2.66. The molecule has 3 fully saturated rings. The maximum atomic E-state index is 12.8. The number of hydrogen-bond acceptors (Lipinski definition) is 5. The summed E-state index contributed by atoms with van der Waals surface area (Å²) in [5, 5.41) is 5.83. The van der Waals surface area contributed by atoms with E-state index in [1.807, 2.05) is 18.2 Å². The lowest BCUT2D eigenvalue weighted by Gasteiger charge is -2.59. The van der Waals surface area contributed by atoms with E-state index in [2.05, 4.69) is 17.6 Å². The summed E-state index contributed by atoms with van der Waals surface area (Å²) < 4.78 is 11.2. The number of para-hydroxylation sites is 1. The maximum Gasteiger partial charge on any atom is 0.325 e. The van der Waals surface area contributed by atoms with Gasteiger partial charge in [-0.15, -0.1) is 0 Å². The smallest absolute Gasteiger partial charge is 0.325 e. The highest BCUT2D eigenvalue weighted by Gasteiger charge is 2.61. The summed E-state index contributed by atoms with van der Waals surface area (Å²) in [4.78, 5) is 37.0. The number of fused-ring (bicyclic) bond motifs is 3. The van der Waals surface area contributed by atoms with Crippen molar-refractivity contribution in [2.75, 3.05) is 13.2 Å². The van der Waals surface area contributed by atoms with Crippen molar-refractivity contribution in [3.63, 3.8) is 0 Å². The lowest BCUT2D eigenvalue weighted by atomic mass is 9.52. The number of rotatable bonds is 4. The Morgan fingerprint density at radius 3 is 2.89 bits per heavy atom. The summed E-state index contributed by atoms with van der Waals surface area (Å²) in [7, 11) is 0.